The molecule has 0 aromatic heterocycles. The van der Waals surface area contributed by atoms with Gasteiger partial charge in [-0.25, -0.2) is 0 Å². The molecule has 0 bridgehead atoms. The van der Waals surface area contributed by atoms with Crippen LogP contribution in [0.1, 0.15) is 30.4 Å². The normalized spacial score (nSPS) is 22.4. The number of hydrogen-bond donors (Lipinski definition) is 1. The maximum Gasteiger partial charge on any atom is 0.0219 e. The third-order valence-electron chi connectivity index (χ3n) is 4.04. The minimum atomic E-state index is 0.359. The van der Waals surface area contributed by atoms with E-state index in [-0.39, 0.29) is 0 Å². The SMILES string of the molecule is C=C1CC2(CCNCC2)c2c(Br)cccc21. The number of benzene rings is 1. The molecule has 1 aromatic carbocycles. The van der Waals surface area contributed by atoms with Gasteiger partial charge in [0.2, 0.25) is 0 Å². The summed E-state index contributed by atoms with van der Waals surface area (Å²) in [7, 11) is 0. The first-order chi connectivity index (χ1) is 7.73. The Balaban J connectivity index is 2.16. The topological polar surface area (TPSA) is 12.0 Å². The number of allylic oxidation sites excluding steroid dienone is 1. The van der Waals surface area contributed by atoms with E-state index >= 15 is 0 Å². The lowest BCUT2D eigenvalue weighted by Gasteiger charge is -2.35. The van der Waals surface area contributed by atoms with Crippen molar-refractivity contribution < 1.29 is 0 Å². The van der Waals surface area contributed by atoms with Crippen LogP contribution in [0.15, 0.2) is 29.3 Å². The Bertz CT molecular complexity index is 444. The Kier molecular flexibility index (Phi) is 2.45. The molecular formula is C14H16BrN. The average molecular weight is 278 g/mol. The highest BCUT2D eigenvalue weighted by atomic mass is 79.9. The molecule has 0 saturated carbocycles. The highest BCUT2D eigenvalue weighted by Gasteiger charge is 2.42. The molecular weight excluding hydrogens is 262 g/mol. The minimum absolute atomic E-state index is 0.359. The predicted molar refractivity (Wildman–Crippen MR) is 71.6 cm³/mol. The smallest absolute Gasteiger partial charge is 0.0219 e. The van der Waals surface area contributed by atoms with Crippen LogP contribution in [0.4, 0.5) is 0 Å². The third kappa shape index (κ3) is 1.40. The van der Waals surface area contributed by atoms with Crippen molar-refractivity contribution in [3.63, 3.8) is 0 Å². The van der Waals surface area contributed by atoms with Crippen molar-refractivity contribution in [2.75, 3.05) is 13.1 Å². The molecule has 84 valence electrons. The van der Waals surface area contributed by atoms with Gasteiger partial charge in [-0.15, -0.1) is 0 Å². The van der Waals surface area contributed by atoms with Gasteiger partial charge in [-0.1, -0.05) is 34.6 Å². The zero-order valence-corrected chi connectivity index (χ0v) is 10.9. The summed E-state index contributed by atoms with van der Waals surface area (Å²) < 4.78 is 1.27. The van der Waals surface area contributed by atoms with Crippen LogP contribution in [-0.2, 0) is 5.41 Å². The van der Waals surface area contributed by atoms with Crippen molar-refractivity contribution >= 4 is 21.5 Å². The van der Waals surface area contributed by atoms with E-state index in [2.05, 4.69) is 46.0 Å². The fraction of sp³-hybridized carbons (Fsp3) is 0.429. The van der Waals surface area contributed by atoms with Crippen molar-refractivity contribution in [2.24, 2.45) is 0 Å². The van der Waals surface area contributed by atoms with Gasteiger partial charge in [0, 0.05) is 9.89 Å². The number of piperidine rings is 1. The summed E-state index contributed by atoms with van der Waals surface area (Å²) in [5.41, 5.74) is 4.58. The van der Waals surface area contributed by atoms with E-state index in [1.165, 1.54) is 34.0 Å². The molecule has 16 heavy (non-hydrogen) atoms. The van der Waals surface area contributed by atoms with Crippen LogP contribution in [0.3, 0.4) is 0 Å². The number of nitrogens with one attached hydrogen (secondary N) is 1. The first kappa shape index (κ1) is 10.5. The van der Waals surface area contributed by atoms with Gasteiger partial charge in [0.15, 0.2) is 0 Å². The number of halogens is 1. The number of fused-ring (bicyclic) bond motifs is 2. The Morgan fingerprint density at radius 3 is 2.75 bits per heavy atom. The summed E-state index contributed by atoms with van der Waals surface area (Å²) in [4.78, 5) is 0. The van der Waals surface area contributed by atoms with Crippen LogP contribution in [0.2, 0.25) is 0 Å². The molecule has 1 aliphatic carbocycles. The van der Waals surface area contributed by atoms with Gasteiger partial charge < -0.3 is 5.32 Å². The van der Waals surface area contributed by atoms with Gasteiger partial charge >= 0.3 is 0 Å². The average Bonchev–Trinajstić information content (AvgIpc) is 2.55. The second kappa shape index (κ2) is 3.71. The molecule has 0 radical (unpaired) electrons. The van der Waals surface area contributed by atoms with Gasteiger partial charge in [0.05, 0.1) is 0 Å². The van der Waals surface area contributed by atoms with E-state index in [1.807, 2.05) is 0 Å². The first-order valence-corrected chi connectivity index (χ1v) is 6.70. The van der Waals surface area contributed by atoms with Crippen LogP contribution < -0.4 is 5.32 Å². The zero-order chi connectivity index (χ0) is 11.2. The lowest BCUT2D eigenvalue weighted by atomic mass is 9.74. The van der Waals surface area contributed by atoms with Gasteiger partial charge in [-0.2, -0.15) is 0 Å². The highest BCUT2D eigenvalue weighted by Crippen LogP contribution is 2.52. The van der Waals surface area contributed by atoms with Gasteiger partial charge in [-0.05, 0) is 55.1 Å². The van der Waals surface area contributed by atoms with E-state index in [0.717, 1.165) is 19.5 Å². The molecule has 3 rings (SSSR count). The van der Waals surface area contributed by atoms with E-state index in [1.54, 1.807) is 0 Å². The van der Waals surface area contributed by atoms with Gasteiger partial charge in [0.25, 0.3) is 0 Å². The summed E-state index contributed by atoms with van der Waals surface area (Å²) in [6, 6.07) is 6.51. The molecule has 1 heterocycles. The number of hydrogen-bond acceptors (Lipinski definition) is 1. The fourth-order valence-electron chi connectivity index (χ4n) is 3.28. The Hall–Kier alpha value is -0.600. The number of rotatable bonds is 0. The van der Waals surface area contributed by atoms with Crippen LogP contribution in [-0.4, -0.2) is 13.1 Å². The first-order valence-electron chi connectivity index (χ1n) is 5.91. The van der Waals surface area contributed by atoms with Crippen molar-refractivity contribution in [1.82, 2.24) is 5.32 Å². The van der Waals surface area contributed by atoms with E-state index < -0.39 is 0 Å². The molecule has 2 heteroatoms. The summed E-state index contributed by atoms with van der Waals surface area (Å²) >= 11 is 3.72. The van der Waals surface area contributed by atoms with Crippen molar-refractivity contribution in [1.29, 1.82) is 0 Å². The van der Waals surface area contributed by atoms with Gasteiger partial charge in [-0.3, -0.25) is 0 Å². The molecule has 1 aliphatic heterocycles. The maximum absolute atomic E-state index is 4.24. The molecule has 0 atom stereocenters. The Labute approximate surface area is 105 Å². The summed E-state index contributed by atoms with van der Waals surface area (Å²) in [5.74, 6) is 0. The van der Waals surface area contributed by atoms with Crippen LogP contribution >= 0.6 is 15.9 Å². The Morgan fingerprint density at radius 1 is 1.25 bits per heavy atom. The van der Waals surface area contributed by atoms with Crippen LogP contribution in [0.25, 0.3) is 5.57 Å². The molecule has 1 saturated heterocycles. The van der Waals surface area contributed by atoms with Crippen molar-refractivity contribution in [3.8, 4) is 0 Å². The zero-order valence-electron chi connectivity index (χ0n) is 9.35. The highest BCUT2D eigenvalue weighted by molar-refractivity contribution is 9.10. The standard InChI is InChI=1S/C14H16BrN/c1-10-9-14(5-7-16-8-6-14)13-11(10)3-2-4-12(13)15/h2-4,16H,1,5-9H2. The molecule has 1 N–H and O–H groups in total. The minimum Gasteiger partial charge on any atom is -0.317 e. The third-order valence-corrected chi connectivity index (χ3v) is 4.70. The molecule has 0 unspecified atom stereocenters. The molecule has 0 amide bonds. The lowest BCUT2D eigenvalue weighted by molar-refractivity contribution is 0.321. The summed E-state index contributed by atoms with van der Waals surface area (Å²) in [6.07, 6.45) is 3.62. The van der Waals surface area contributed by atoms with Gasteiger partial charge in [0.1, 0.15) is 0 Å². The van der Waals surface area contributed by atoms with Crippen molar-refractivity contribution in [3.05, 3.63) is 40.4 Å². The van der Waals surface area contributed by atoms with Crippen LogP contribution in [0, 0.1) is 0 Å². The molecule has 1 spiro atoms. The second-order valence-corrected chi connectivity index (χ2v) is 5.83. The van der Waals surface area contributed by atoms with E-state index in [4.69, 9.17) is 0 Å². The molecule has 2 aliphatic rings. The van der Waals surface area contributed by atoms with Crippen LogP contribution in [0.5, 0.6) is 0 Å². The lowest BCUT2D eigenvalue weighted by Crippen LogP contribution is -2.38. The monoisotopic (exact) mass is 277 g/mol. The largest absolute Gasteiger partial charge is 0.317 e. The predicted octanol–water partition coefficient (Wildman–Crippen LogP) is 3.49. The van der Waals surface area contributed by atoms with E-state index in [9.17, 15) is 0 Å². The summed E-state index contributed by atoms with van der Waals surface area (Å²) in [5, 5.41) is 3.46. The Morgan fingerprint density at radius 2 is 2.00 bits per heavy atom. The quantitative estimate of drug-likeness (QED) is 0.766. The molecule has 1 nitrogen and oxygen atoms in total. The maximum atomic E-state index is 4.24. The molecule has 1 aromatic rings. The fourth-order valence-corrected chi connectivity index (χ4v) is 4.07. The summed E-state index contributed by atoms with van der Waals surface area (Å²) in [6.45, 7) is 6.51. The van der Waals surface area contributed by atoms with E-state index in [0.29, 0.717) is 5.41 Å². The van der Waals surface area contributed by atoms with Crippen molar-refractivity contribution in [2.45, 2.75) is 24.7 Å². The second-order valence-electron chi connectivity index (χ2n) is 4.97. The molecule has 1 fully saturated rings.